The molecule has 0 aromatic heterocycles. The van der Waals surface area contributed by atoms with Crippen molar-refractivity contribution in [3.8, 4) is 5.75 Å². The first-order valence-electron chi connectivity index (χ1n) is 11.4. The zero-order valence-electron chi connectivity index (χ0n) is 19.5. The molecular formula is C25H29N3O6S. The summed E-state index contributed by atoms with van der Waals surface area (Å²) in [5, 5.41) is 5.45. The normalized spacial score (nSPS) is 15.2. The number of hydrogen-bond donors (Lipinski definition) is 2. The van der Waals surface area contributed by atoms with Crippen LogP contribution in [0.15, 0.2) is 54.6 Å². The van der Waals surface area contributed by atoms with Gasteiger partial charge in [0, 0.05) is 19.7 Å². The maximum absolute atomic E-state index is 12.9. The molecule has 1 atom stereocenters. The average molecular weight is 500 g/mol. The van der Waals surface area contributed by atoms with Crippen molar-refractivity contribution in [3.63, 3.8) is 0 Å². The number of hydrogen-bond acceptors (Lipinski definition) is 7. The van der Waals surface area contributed by atoms with Crippen molar-refractivity contribution in [2.45, 2.75) is 26.0 Å². The molecule has 1 unspecified atom stereocenters. The molecule has 0 bridgehead atoms. The predicted molar refractivity (Wildman–Crippen MR) is 133 cm³/mol. The van der Waals surface area contributed by atoms with E-state index in [-0.39, 0.29) is 24.0 Å². The molecule has 186 valence electrons. The summed E-state index contributed by atoms with van der Waals surface area (Å²) >= 11 is 5.44. The molecule has 35 heavy (non-hydrogen) atoms. The van der Waals surface area contributed by atoms with Crippen molar-refractivity contribution in [3.05, 3.63) is 65.7 Å². The van der Waals surface area contributed by atoms with Crippen LogP contribution in [0.3, 0.4) is 0 Å². The lowest BCUT2D eigenvalue weighted by atomic mass is 10.1. The number of thiocarbonyl (C=S) groups is 1. The minimum absolute atomic E-state index is 0.0508. The van der Waals surface area contributed by atoms with Crippen LogP contribution < -0.4 is 15.4 Å². The molecular weight excluding hydrogens is 470 g/mol. The van der Waals surface area contributed by atoms with Gasteiger partial charge in [-0.2, -0.15) is 0 Å². The highest BCUT2D eigenvalue weighted by Gasteiger charge is 2.34. The van der Waals surface area contributed by atoms with E-state index in [1.807, 2.05) is 37.3 Å². The van der Waals surface area contributed by atoms with E-state index in [2.05, 4.69) is 10.6 Å². The van der Waals surface area contributed by atoms with E-state index < -0.39 is 17.9 Å². The molecule has 1 aliphatic rings. The molecule has 0 radical (unpaired) electrons. The summed E-state index contributed by atoms with van der Waals surface area (Å²) in [5.74, 6) is -0.976. The zero-order chi connectivity index (χ0) is 25.0. The van der Waals surface area contributed by atoms with E-state index >= 15 is 0 Å². The number of nitrogens with zero attached hydrogens (tertiary/aromatic N) is 1. The van der Waals surface area contributed by atoms with Gasteiger partial charge in [0.25, 0.3) is 5.91 Å². The van der Waals surface area contributed by atoms with Crippen molar-refractivity contribution in [2.24, 2.45) is 0 Å². The van der Waals surface area contributed by atoms with Gasteiger partial charge in [0.2, 0.25) is 5.91 Å². The zero-order valence-corrected chi connectivity index (χ0v) is 20.3. The van der Waals surface area contributed by atoms with Gasteiger partial charge in [0.05, 0.1) is 18.6 Å². The van der Waals surface area contributed by atoms with Crippen molar-refractivity contribution in [1.82, 2.24) is 15.5 Å². The van der Waals surface area contributed by atoms with Gasteiger partial charge in [0.1, 0.15) is 25.0 Å². The third kappa shape index (κ3) is 7.76. The Bertz CT molecular complexity index is 1030. The molecule has 2 amide bonds. The summed E-state index contributed by atoms with van der Waals surface area (Å²) in [6, 6.07) is 15.1. The quantitative estimate of drug-likeness (QED) is 0.291. The van der Waals surface area contributed by atoms with Gasteiger partial charge in [0.15, 0.2) is 5.11 Å². The smallest absolute Gasteiger partial charge is 0.308 e. The monoisotopic (exact) mass is 499 g/mol. The number of rotatable bonds is 10. The number of carbonyl (C=O) groups is 3. The van der Waals surface area contributed by atoms with Crippen LogP contribution >= 0.6 is 12.2 Å². The molecule has 1 fully saturated rings. The van der Waals surface area contributed by atoms with Crippen LogP contribution in [0.5, 0.6) is 5.75 Å². The molecule has 2 aromatic carbocycles. The van der Waals surface area contributed by atoms with Gasteiger partial charge < -0.3 is 24.4 Å². The van der Waals surface area contributed by atoms with E-state index in [1.54, 1.807) is 24.3 Å². The molecule has 2 N–H and O–H groups in total. The molecule has 1 heterocycles. The van der Waals surface area contributed by atoms with Crippen LogP contribution in [0.2, 0.25) is 0 Å². The predicted octanol–water partition coefficient (Wildman–Crippen LogP) is 2.05. The topological polar surface area (TPSA) is 106 Å². The lowest BCUT2D eigenvalue weighted by Gasteiger charge is -2.36. The Kier molecular flexibility index (Phi) is 10.00. The Labute approximate surface area is 209 Å². The second kappa shape index (κ2) is 13.4. The van der Waals surface area contributed by atoms with Crippen LogP contribution in [0.25, 0.3) is 0 Å². The third-order valence-corrected chi connectivity index (χ3v) is 5.57. The van der Waals surface area contributed by atoms with Gasteiger partial charge in [-0.15, -0.1) is 0 Å². The second-order valence-corrected chi connectivity index (χ2v) is 8.04. The standard InChI is InChI=1S/C25H29N3O6S/c1-2-32-14-15-33-21-11-7-6-10-19(21)23(30)27-25(35)28-13-12-26-24(31)20(28)16-22(29)34-17-18-8-4-3-5-9-18/h3-11,20H,2,12-17H2,1H3,(H,26,31)(H,27,30,35). The molecule has 10 heteroatoms. The fourth-order valence-corrected chi connectivity index (χ4v) is 3.80. The highest BCUT2D eigenvalue weighted by atomic mass is 32.1. The van der Waals surface area contributed by atoms with Crippen molar-refractivity contribution < 1.29 is 28.6 Å². The minimum atomic E-state index is -0.891. The van der Waals surface area contributed by atoms with Crippen LogP contribution in [0.1, 0.15) is 29.3 Å². The number of amides is 2. The minimum Gasteiger partial charge on any atom is -0.490 e. The lowest BCUT2D eigenvalue weighted by molar-refractivity contribution is -0.148. The number of para-hydroxylation sites is 1. The lowest BCUT2D eigenvalue weighted by Crippen LogP contribution is -2.60. The Balaban J connectivity index is 1.61. The van der Waals surface area contributed by atoms with Crippen molar-refractivity contribution in [1.29, 1.82) is 0 Å². The van der Waals surface area contributed by atoms with Crippen molar-refractivity contribution in [2.75, 3.05) is 32.9 Å². The number of piperazine rings is 1. The Morgan fingerprint density at radius 1 is 1.11 bits per heavy atom. The Morgan fingerprint density at radius 2 is 1.86 bits per heavy atom. The number of carbonyl (C=O) groups excluding carboxylic acids is 3. The number of nitrogens with one attached hydrogen (secondary N) is 2. The summed E-state index contributed by atoms with van der Waals surface area (Å²) in [6.07, 6.45) is -0.203. The number of benzene rings is 2. The van der Waals surface area contributed by atoms with Gasteiger partial charge in [-0.3, -0.25) is 19.7 Å². The molecule has 0 aliphatic carbocycles. The molecule has 0 saturated carbocycles. The molecule has 1 aliphatic heterocycles. The first-order chi connectivity index (χ1) is 17.0. The van der Waals surface area contributed by atoms with Crippen LogP contribution in [-0.4, -0.2) is 66.7 Å². The number of esters is 1. The van der Waals surface area contributed by atoms with Gasteiger partial charge in [-0.25, -0.2) is 0 Å². The first kappa shape index (κ1) is 26.1. The van der Waals surface area contributed by atoms with E-state index in [0.29, 0.717) is 44.2 Å². The first-order valence-corrected chi connectivity index (χ1v) is 11.8. The fraction of sp³-hybridized carbons (Fsp3) is 0.360. The van der Waals surface area contributed by atoms with Crippen LogP contribution in [-0.2, 0) is 25.7 Å². The highest BCUT2D eigenvalue weighted by molar-refractivity contribution is 7.80. The van der Waals surface area contributed by atoms with E-state index in [4.69, 9.17) is 26.4 Å². The van der Waals surface area contributed by atoms with Gasteiger partial charge in [-0.05, 0) is 36.8 Å². The van der Waals surface area contributed by atoms with Gasteiger partial charge >= 0.3 is 5.97 Å². The van der Waals surface area contributed by atoms with Crippen LogP contribution in [0, 0.1) is 0 Å². The Hall–Kier alpha value is -3.50. The highest BCUT2D eigenvalue weighted by Crippen LogP contribution is 2.18. The molecule has 0 spiro atoms. The summed E-state index contributed by atoms with van der Waals surface area (Å²) in [7, 11) is 0. The third-order valence-electron chi connectivity index (χ3n) is 5.24. The van der Waals surface area contributed by atoms with Crippen molar-refractivity contribution >= 4 is 35.1 Å². The molecule has 2 aromatic rings. The maximum atomic E-state index is 12.9. The summed E-state index contributed by atoms with van der Waals surface area (Å²) in [6.45, 7) is 3.94. The van der Waals surface area contributed by atoms with Crippen LogP contribution in [0.4, 0.5) is 0 Å². The van der Waals surface area contributed by atoms with E-state index in [0.717, 1.165) is 5.56 Å². The Morgan fingerprint density at radius 3 is 2.63 bits per heavy atom. The SMILES string of the molecule is CCOCCOc1ccccc1C(=O)NC(=S)N1CCNC(=O)C1CC(=O)OCc1ccccc1. The average Bonchev–Trinajstić information content (AvgIpc) is 2.87. The van der Waals surface area contributed by atoms with Gasteiger partial charge in [-0.1, -0.05) is 42.5 Å². The van der Waals surface area contributed by atoms with E-state index in [1.165, 1.54) is 4.90 Å². The summed E-state index contributed by atoms with van der Waals surface area (Å²) in [4.78, 5) is 39.5. The number of ether oxygens (including phenoxy) is 3. The van der Waals surface area contributed by atoms with E-state index in [9.17, 15) is 14.4 Å². The molecule has 1 saturated heterocycles. The largest absolute Gasteiger partial charge is 0.490 e. The second-order valence-electron chi connectivity index (χ2n) is 7.65. The molecule has 3 rings (SSSR count). The molecule has 9 nitrogen and oxygen atoms in total. The summed E-state index contributed by atoms with van der Waals surface area (Å²) < 4.78 is 16.3. The maximum Gasteiger partial charge on any atom is 0.308 e. The summed E-state index contributed by atoms with van der Waals surface area (Å²) in [5.41, 5.74) is 1.14. The fourth-order valence-electron chi connectivity index (χ4n) is 3.49.